The van der Waals surface area contributed by atoms with Gasteiger partial charge in [-0.3, -0.25) is 9.59 Å². The van der Waals surface area contributed by atoms with Crippen molar-refractivity contribution in [2.75, 3.05) is 24.6 Å². The minimum absolute atomic E-state index is 0.0902. The third-order valence-electron chi connectivity index (χ3n) is 5.95. The number of hydrogen-bond donors (Lipinski definition) is 0. The average Bonchev–Trinajstić information content (AvgIpc) is 2.65. The van der Waals surface area contributed by atoms with Crippen LogP contribution in [0.1, 0.15) is 70.4 Å². The minimum atomic E-state index is 0.0902. The first-order chi connectivity index (χ1) is 12.9. The van der Waals surface area contributed by atoms with E-state index >= 15 is 0 Å². The molecule has 5 nitrogen and oxygen atoms in total. The van der Waals surface area contributed by atoms with E-state index in [0.717, 1.165) is 56.6 Å². The van der Waals surface area contributed by atoms with Gasteiger partial charge >= 0.3 is 0 Å². The maximum absolute atomic E-state index is 12.2. The van der Waals surface area contributed by atoms with E-state index in [-0.39, 0.29) is 17.9 Å². The zero-order chi connectivity index (χ0) is 19.6. The summed E-state index contributed by atoms with van der Waals surface area (Å²) in [6.07, 6.45) is 4.79. The van der Waals surface area contributed by atoms with Crippen LogP contribution in [0.25, 0.3) is 0 Å². The van der Waals surface area contributed by atoms with E-state index in [0.29, 0.717) is 12.5 Å². The number of hydrogen-bond acceptors (Lipinski definition) is 3. The predicted octanol–water partition coefficient (Wildman–Crippen LogP) is 3.89. The van der Waals surface area contributed by atoms with Crippen molar-refractivity contribution in [1.29, 1.82) is 0 Å². The molecule has 148 valence electrons. The molecule has 5 heteroatoms. The Kier molecular flexibility index (Phi) is 6.08. The largest absolute Gasteiger partial charge is 0.493 e. The molecule has 0 radical (unpaired) electrons. The van der Waals surface area contributed by atoms with Gasteiger partial charge in [0.2, 0.25) is 11.8 Å². The van der Waals surface area contributed by atoms with Gasteiger partial charge in [0.1, 0.15) is 5.75 Å². The lowest BCUT2D eigenvalue weighted by Crippen LogP contribution is -2.41. The van der Waals surface area contributed by atoms with Gasteiger partial charge in [0.25, 0.3) is 0 Å². The number of carbonyl (C=O) groups is 2. The van der Waals surface area contributed by atoms with Crippen molar-refractivity contribution in [1.82, 2.24) is 4.90 Å². The van der Waals surface area contributed by atoms with E-state index in [9.17, 15) is 9.59 Å². The first kappa shape index (κ1) is 19.7. The summed E-state index contributed by atoms with van der Waals surface area (Å²) in [4.78, 5) is 27.7. The molecule has 0 N–H and O–H groups in total. The first-order valence-corrected chi connectivity index (χ1v) is 10.3. The molecule has 2 aliphatic heterocycles. The van der Waals surface area contributed by atoms with Gasteiger partial charge in [-0.1, -0.05) is 13.0 Å². The van der Waals surface area contributed by atoms with Gasteiger partial charge in [0.15, 0.2) is 0 Å². The molecule has 2 aliphatic rings. The van der Waals surface area contributed by atoms with Crippen LogP contribution in [0.2, 0.25) is 0 Å². The number of carbonyl (C=O) groups excluding carboxylic acids is 2. The summed E-state index contributed by atoms with van der Waals surface area (Å²) in [6.45, 7) is 9.82. The third kappa shape index (κ3) is 3.97. The number of anilines is 1. The van der Waals surface area contributed by atoms with Crippen LogP contribution in [0.3, 0.4) is 0 Å². The molecule has 0 aromatic heterocycles. The number of amides is 2. The molecular formula is C22H32N2O3. The zero-order valence-corrected chi connectivity index (χ0v) is 17.1. The molecule has 1 saturated heterocycles. The highest BCUT2D eigenvalue weighted by Crippen LogP contribution is 2.43. The summed E-state index contributed by atoms with van der Waals surface area (Å²) in [7, 11) is 0. The Bertz CT molecular complexity index is 708. The predicted molar refractivity (Wildman–Crippen MR) is 107 cm³/mol. The molecule has 0 spiro atoms. The fourth-order valence-electron chi connectivity index (χ4n) is 4.50. The van der Waals surface area contributed by atoms with Crippen LogP contribution < -0.4 is 9.64 Å². The van der Waals surface area contributed by atoms with Crippen LogP contribution in [0.15, 0.2) is 12.1 Å². The summed E-state index contributed by atoms with van der Waals surface area (Å²) >= 11 is 0. The summed E-state index contributed by atoms with van der Waals surface area (Å²) in [6, 6.07) is 4.49. The maximum atomic E-state index is 12.2. The molecule has 27 heavy (non-hydrogen) atoms. The molecule has 0 bridgehead atoms. The highest BCUT2D eigenvalue weighted by Gasteiger charge is 2.32. The highest BCUT2D eigenvalue weighted by molar-refractivity contribution is 5.94. The Morgan fingerprint density at radius 2 is 1.81 bits per heavy atom. The van der Waals surface area contributed by atoms with Crippen molar-refractivity contribution >= 4 is 17.5 Å². The molecule has 1 atom stereocenters. The molecular weight excluding hydrogens is 340 g/mol. The molecule has 1 fully saturated rings. The minimum Gasteiger partial charge on any atom is -0.493 e. The number of nitrogens with zero attached hydrogens (tertiary/aromatic N) is 2. The number of benzene rings is 1. The smallest absolute Gasteiger partial charge is 0.224 e. The van der Waals surface area contributed by atoms with Crippen molar-refractivity contribution in [3.63, 3.8) is 0 Å². The number of fused-ring (bicyclic) bond motifs is 1. The number of ether oxygens (including phenoxy) is 1. The Hall–Kier alpha value is -2.04. The molecule has 2 amide bonds. The standard InChI is InChI=1S/C22H32N2O3/c1-5-14-27-22-19(18-10-12-23(13-11-18)16(3)25)8-9-21-20(22)7-6-15(2)24(21)17(4)26/h8-9,15,18H,5-7,10-14H2,1-4H3. The van der Waals surface area contributed by atoms with Crippen molar-refractivity contribution in [3.8, 4) is 5.75 Å². The summed E-state index contributed by atoms with van der Waals surface area (Å²) in [5.74, 6) is 1.65. The van der Waals surface area contributed by atoms with E-state index in [2.05, 4.69) is 26.0 Å². The summed E-state index contributed by atoms with van der Waals surface area (Å²) in [5.41, 5.74) is 3.45. The lowest BCUT2D eigenvalue weighted by Gasteiger charge is -2.37. The van der Waals surface area contributed by atoms with Gasteiger partial charge < -0.3 is 14.5 Å². The Morgan fingerprint density at radius 3 is 2.41 bits per heavy atom. The van der Waals surface area contributed by atoms with Crippen LogP contribution >= 0.6 is 0 Å². The molecule has 2 heterocycles. The van der Waals surface area contributed by atoms with Crippen molar-refractivity contribution < 1.29 is 14.3 Å². The van der Waals surface area contributed by atoms with Crippen LogP contribution in [0.5, 0.6) is 5.75 Å². The summed E-state index contributed by atoms with van der Waals surface area (Å²) in [5, 5.41) is 0. The second-order valence-electron chi connectivity index (χ2n) is 7.89. The average molecular weight is 373 g/mol. The van der Waals surface area contributed by atoms with Crippen LogP contribution in [-0.2, 0) is 16.0 Å². The zero-order valence-electron chi connectivity index (χ0n) is 17.1. The van der Waals surface area contributed by atoms with Gasteiger partial charge in [0, 0.05) is 38.5 Å². The summed E-state index contributed by atoms with van der Waals surface area (Å²) < 4.78 is 6.26. The van der Waals surface area contributed by atoms with Crippen molar-refractivity contribution in [2.24, 2.45) is 0 Å². The fraction of sp³-hybridized carbons (Fsp3) is 0.636. The molecule has 3 rings (SSSR count). The van der Waals surface area contributed by atoms with E-state index in [1.807, 2.05) is 9.80 Å². The molecule has 1 aromatic rings. The monoisotopic (exact) mass is 372 g/mol. The van der Waals surface area contributed by atoms with Crippen LogP contribution in [0.4, 0.5) is 5.69 Å². The van der Waals surface area contributed by atoms with Gasteiger partial charge in [-0.05, 0) is 56.6 Å². The van der Waals surface area contributed by atoms with E-state index in [1.165, 1.54) is 11.1 Å². The highest BCUT2D eigenvalue weighted by atomic mass is 16.5. The normalized spacial score (nSPS) is 20.4. The Morgan fingerprint density at radius 1 is 1.11 bits per heavy atom. The second-order valence-corrected chi connectivity index (χ2v) is 7.89. The SMILES string of the molecule is CCCOc1c(C2CCN(C(C)=O)CC2)ccc2c1CCC(C)N2C(C)=O. The Labute approximate surface area is 162 Å². The van der Waals surface area contributed by atoms with Gasteiger partial charge in [-0.15, -0.1) is 0 Å². The lowest BCUT2D eigenvalue weighted by atomic mass is 9.85. The van der Waals surface area contributed by atoms with E-state index in [4.69, 9.17) is 4.74 Å². The molecule has 0 aliphatic carbocycles. The van der Waals surface area contributed by atoms with E-state index < -0.39 is 0 Å². The van der Waals surface area contributed by atoms with Crippen LogP contribution in [0, 0.1) is 0 Å². The number of piperidine rings is 1. The first-order valence-electron chi connectivity index (χ1n) is 10.3. The maximum Gasteiger partial charge on any atom is 0.224 e. The van der Waals surface area contributed by atoms with Gasteiger partial charge in [-0.2, -0.15) is 0 Å². The van der Waals surface area contributed by atoms with Gasteiger partial charge in [0.05, 0.1) is 12.3 Å². The topological polar surface area (TPSA) is 49.9 Å². The van der Waals surface area contributed by atoms with Crippen molar-refractivity contribution in [3.05, 3.63) is 23.3 Å². The second kappa shape index (κ2) is 8.32. The van der Waals surface area contributed by atoms with Crippen LogP contribution in [-0.4, -0.2) is 42.5 Å². The molecule has 1 aromatic carbocycles. The molecule has 1 unspecified atom stereocenters. The Balaban J connectivity index is 1.95. The number of rotatable bonds is 4. The van der Waals surface area contributed by atoms with E-state index in [1.54, 1.807) is 13.8 Å². The lowest BCUT2D eigenvalue weighted by molar-refractivity contribution is -0.129. The fourth-order valence-corrected chi connectivity index (χ4v) is 4.50. The quantitative estimate of drug-likeness (QED) is 0.806. The number of likely N-dealkylation sites (tertiary alicyclic amines) is 1. The molecule has 0 saturated carbocycles. The third-order valence-corrected chi connectivity index (χ3v) is 5.95. The van der Waals surface area contributed by atoms with Gasteiger partial charge in [-0.25, -0.2) is 0 Å². The van der Waals surface area contributed by atoms with Crippen molar-refractivity contribution in [2.45, 2.75) is 71.8 Å².